The average molecular weight is 690 g/mol. The van der Waals surface area contributed by atoms with Crippen molar-refractivity contribution in [1.29, 1.82) is 0 Å². The second-order valence-corrected chi connectivity index (χ2v) is 13.8. The zero-order valence-corrected chi connectivity index (χ0v) is 29.6. The molecule has 0 aliphatic carbocycles. The average Bonchev–Trinajstić information content (AvgIpc) is 3.63. The number of rotatable bonds is 7. The lowest BCUT2D eigenvalue weighted by Crippen LogP contribution is -2.09. The first-order valence-electron chi connectivity index (χ1n) is 18.4. The van der Waals surface area contributed by atoms with Gasteiger partial charge in [0.05, 0.1) is 0 Å². The predicted octanol–water partition coefficient (Wildman–Crippen LogP) is 14.9. The zero-order chi connectivity index (χ0) is 35.8. The molecule has 0 atom stereocenters. The summed E-state index contributed by atoms with van der Waals surface area (Å²) < 4.78 is 6.22. The monoisotopic (exact) mass is 689 g/mol. The zero-order valence-electron chi connectivity index (χ0n) is 29.6. The van der Waals surface area contributed by atoms with Crippen LogP contribution in [0.25, 0.3) is 77.2 Å². The Balaban J connectivity index is 1.04. The maximum Gasteiger partial charge on any atom is 0.135 e. The molecule has 0 unspecified atom stereocenters. The number of hydrogen-bond donors (Lipinski definition) is 0. The van der Waals surface area contributed by atoms with Crippen molar-refractivity contribution in [3.05, 3.63) is 212 Å². The summed E-state index contributed by atoms with van der Waals surface area (Å²) >= 11 is 0. The van der Waals surface area contributed by atoms with Crippen LogP contribution >= 0.6 is 0 Å². The number of anilines is 3. The van der Waals surface area contributed by atoms with Gasteiger partial charge in [-0.25, -0.2) is 0 Å². The summed E-state index contributed by atoms with van der Waals surface area (Å²) in [5, 5.41) is 4.72. The molecule has 0 saturated carbocycles. The van der Waals surface area contributed by atoms with E-state index in [2.05, 4.69) is 205 Å². The second kappa shape index (κ2) is 13.4. The highest BCUT2D eigenvalue weighted by molar-refractivity contribution is 6.06. The molecule has 0 saturated heterocycles. The molecule has 254 valence electrons. The van der Waals surface area contributed by atoms with E-state index in [0.29, 0.717) is 0 Å². The van der Waals surface area contributed by atoms with Gasteiger partial charge in [-0.15, -0.1) is 0 Å². The number of nitrogens with zero attached hydrogens (tertiary/aromatic N) is 1. The molecule has 0 bridgehead atoms. The summed E-state index contributed by atoms with van der Waals surface area (Å²) in [6.45, 7) is 0. The van der Waals surface area contributed by atoms with Crippen LogP contribution in [0.15, 0.2) is 217 Å². The summed E-state index contributed by atoms with van der Waals surface area (Å²) in [4.78, 5) is 2.34. The highest BCUT2D eigenvalue weighted by Gasteiger charge is 2.17. The fourth-order valence-electron chi connectivity index (χ4n) is 7.74. The van der Waals surface area contributed by atoms with Gasteiger partial charge < -0.3 is 9.32 Å². The van der Waals surface area contributed by atoms with Crippen LogP contribution in [0.2, 0.25) is 0 Å². The summed E-state index contributed by atoms with van der Waals surface area (Å²) in [5.74, 6) is 0. The third-order valence-corrected chi connectivity index (χ3v) is 10.5. The lowest BCUT2D eigenvalue weighted by Gasteiger charge is -2.26. The maximum absolute atomic E-state index is 6.22. The SMILES string of the molecule is c1ccc(-c2ccccc2-c2ccc(N(c3ccc(-c4cccc(-c5ccc6ccccc6c5)c4)cc3)c3ccc4oc5ccccc5c4c3)cc2)cc1. The lowest BCUT2D eigenvalue weighted by atomic mass is 9.94. The molecule has 1 aromatic heterocycles. The summed E-state index contributed by atoms with van der Waals surface area (Å²) in [6.07, 6.45) is 0. The Morgan fingerprint density at radius 2 is 0.796 bits per heavy atom. The molecule has 9 aromatic carbocycles. The van der Waals surface area contributed by atoms with Crippen LogP contribution in [0.3, 0.4) is 0 Å². The molecular weight excluding hydrogens is 655 g/mol. The van der Waals surface area contributed by atoms with Gasteiger partial charge in [0.2, 0.25) is 0 Å². The molecular formula is C52H35NO. The van der Waals surface area contributed by atoms with Crippen LogP contribution in [0.1, 0.15) is 0 Å². The molecule has 0 amide bonds. The Kier molecular flexibility index (Phi) is 7.85. The number of benzene rings is 9. The van der Waals surface area contributed by atoms with Gasteiger partial charge in [-0.2, -0.15) is 0 Å². The van der Waals surface area contributed by atoms with E-state index in [1.54, 1.807) is 0 Å². The molecule has 0 N–H and O–H groups in total. The fraction of sp³-hybridized carbons (Fsp3) is 0. The number of furan rings is 1. The van der Waals surface area contributed by atoms with Crippen LogP contribution < -0.4 is 4.90 Å². The van der Waals surface area contributed by atoms with Crippen molar-refractivity contribution in [3.63, 3.8) is 0 Å². The molecule has 0 aliphatic heterocycles. The van der Waals surface area contributed by atoms with Gasteiger partial charge >= 0.3 is 0 Å². The molecule has 10 aromatic rings. The quantitative estimate of drug-likeness (QED) is 0.166. The summed E-state index contributed by atoms with van der Waals surface area (Å²) in [5.41, 5.74) is 14.6. The Labute approximate surface area is 314 Å². The van der Waals surface area contributed by atoms with Crippen molar-refractivity contribution in [2.75, 3.05) is 4.90 Å². The summed E-state index contributed by atoms with van der Waals surface area (Å²) in [7, 11) is 0. The van der Waals surface area contributed by atoms with Crippen LogP contribution in [-0.2, 0) is 0 Å². The first-order valence-corrected chi connectivity index (χ1v) is 18.4. The predicted molar refractivity (Wildman–Crippen MR) is 228 cm³/mol. The number of para-hydroxylation sites is 1. The standard InChI is InChI=1S/C52H35NO/c1-2-12-38(13-3-1)47-17-6-7-18-48(47)39-25-29-45(30-26-39)53(46-31-32-52-50(35-46)49-19-8-9-20-51(49)54-52)44-27-23-37(24-28-44)41-15-10-16-42(33-41)43-22-21-36-11-4-5-14-40(36)34-43/h1-35H. The second-order valence-electron chi connectivity index (χ2n) is 13.8. The fourth-order valence-corrected chi connectivity index (χ4v) is 7.74. The molecule has 54 heavy (non-hydrogen) atoms. The topological polar surface area (TPSA) is 16.4 Å². The minimum absolute atomic E-state index is 0.884. The van der Waals surface area contributed by atoms with Gasteiger partial charge in [-0.05, 0) is 116 Å². The third kappa shape index (κ3) is 5.81. The molecule has 0 aliphatic rings. The lowest BCUT2D eigenvalue weighted by molar-refractivity contribution is 0.669. The Morgan fingerprint density at radius 3 is 1.56 bits per heavy atom. The largest absolute Gasteiger partial charge is 0.456 e. The Hall–Kier alpha value is -7.16. The number of fused-ring (bicyclic) bond motifs is 4. The van der Waals surface area contributed by atoms with E-state index in [0.717, 1.165) is 39.0 Å². The highest BCUT2D eigenvalue weighted by Crippen LogP contribution is 2.41. The van der Waals surface area contributed by atoms with Crippen molar-refractivity contribution < 1.29 is 4.42 Å². The van der Waals surface area contributed by atoms with Crippen molar-refractivity contribution in [3.8, 4) is 44.5 Å². The van der Waals surface area contributed by atoms with Gasteiger partial charge in [0, 0.05) is 27.8 Å². The van der Waals surface area contributed by atoms with Gasteiger partial charge in [0.1, 0.15) is 11.2 Å². The van der Waals surface area contributed by atoms with Gasteiger partial charge in [-0.1, -0.05) is 152 Å². The van der Waals surface area contributed by atoms with E-state index in [1.807, 2.05) is 12.1 Å². The maximum atomic E-state index is 6.22. The van der Waals surface area contributed by atoms with E-state index >= 15 is 0 Å². The normalized spacial score (nSPS) is 11.3. The van der Waals surface area contributed by atoms with Crippen molar-refractivity contribution in [2.24, 2.45) is 0 Å². The van der Waals surface area contributed by atoms with Crippen molar-refractivity contribution in [1.82, 2.24) is 0 Å². The highest BCUT2D eigenvalue weighted by atomic mass is 16.3. The third-order valence-electron chi connectivity index (χ3n) is 10.5. The van der Waals surface area contributed by atoms with Crippen LogP contribution in [-0.4, -0.2) is 0 Å². The van der Waals surface area contributed by atoms with Crippen molar-refractivity contribution >= 4 is 49.8 Å². The van der Waals surface area contributed by atoms with E-state index in [9.17, 15) is 0 Å². The molecule has 1 heterocycles. The van der Waals surface area contributed by atoms with Crippen molar-refractivity contribution in [2.45, 2.75) is 0 Å². The van der Waals surface area contributed by atoms with Gasteiger partial charge in [0.15, 0.2) is 0 Å². The molecule has 2 nitrogen and oxygen atoms in total. The minimum Gasteiger partial charge on any atom is -0.456 e. The van der Waals surface area contributed by atoms with E-state index in [4.69, 9.17) is 4.42 Å². The van der Waals surface area contributed by atoms with Crippen LogP contribution in [0, 0.1) is 0 Å². The molecule has 0 fully saturated rings. The van der Waals surface area contributed by atoms with E-state index in [1.165, 1.54) is 55.3 Å². The smallest absolute Gasteiger partial charge is 0.135 e. The minimum atomic E-state index is 0.884. The Morgan fingerprint density at radius 1 is 0.278 bits per heavy atom. The summed E-state index contributed by atoms with van der Waals surface area (Å²) in [6, 6.07) is 76.0. The Bertz CT molecular complexity index is 2920. The number of hydrogen-bond acceptors (Lipinski definition) is 2. The van der Waals surface area contributed by atoms with E-state index < -0.39 is 0 Å². The molecule has 0 spiro atoms. The molecule has 10 rings (SSSR count). The van der Waals surface area contributed by atoms with Crippen LogP contribution in [0.5, 0.6) is 0 Å². The van der Waals surface area contributed by atoms with Gasteiger partial charge in [-0.3, -0.25) is 0 Å². The first kappa shape index (κ1) is 31.6. The van der Waals surface area contributed by atoms with E-state index in [-0.39, 0.29) is 0 Å². The van der Waals surface area contributed by atoms with Crippen LogP contribution in [0.4, 0.5) is 17.1 Å². The van der Waals surface area contributed by atoms with Gasteiger partial charge in [0.25, 0.3) is 0 Å². The first-order chi connectivity index (χ1) is 26.7. The molecule has 0 radical (unpaired) electrons. The molecule has 2 heteroatoms.